The van der Waals surface area contributed by atoms with Crippen LogP contribution in [0.15, 0.2) is 84.9 Å². The van der Waals surface area contributed by atoms with Crippen LogP contribution < -0.4 is 10.2 Å². The number of hydrogen-bond acceptors (Lipinski definition) is 5. The molecule has 0 aliphatic carbocycles. The maximum absolute atomic E-state index is 12.9. The smallest absolute Gasteiger partial charge is 0.257 e. The summed E-state index contributed by atoms with van der Waals surface area (Å²) in [5.74, 6) is -0.752. The number of rotatable bonds is 5. The molecule has 4 aromatic rings. The first kappa shape index (κ1) is 20.8. The van der Waals surface area contributed by atoms with Crippen LogP contribution >= 0.6 is 11.3 Å². The zero-order chi connectivity index (χ0) is 22.8. The Kier molecular flexibility index (Phi) is 5.54. The number of hydrogen-bond donors (Lipinski definition) is 1. The fourth-order valence-electron chi connectivity index (χ4n) is 3.75. The van der Waals surface area contributed by atoms with Gasteiger partial charge < -0.3 is 0 Å². The zero-order valence-corrected chi connectivity index (χ0v) is 18.3. The van der Waals surface area contributed by atoms with Crippen LogP contribution in [0.2, 0.25) is 0 Å². The summed E-state index contributed by atoms with van der Waals surface area (Å²) in [5.41, 5.74) is 3.70. The first-order valence-corrected chi connectivity index (χ1v) is 11.3. The molecule has 3 aromatic carbocycles. The minimum Gasteiger partial charge on any atom is -0.298 e. The van der Waals surface area contributed by atoms with Crippen LogP contribution in [0.3, 0.4) is 0 Å². The van der Waals surface area contributed by atoms with Gasteiger partial charge in [-0.1, -0.05) is 72.0 Å². The number of imide groups is 1. The van der Waals surface area contributed by atoms with E-state index in [1.807, 2.05) is 60.7 Å². The number of anilines is 2. The van der Waals surface area contributed by atoms with Crippen LogP contribution in [0, 0.1) is 0 Å². The zero-order valence-electron chi connectivity index (χ0n) is 17.5. The molecule has 0 bridgehead atoms. The van der Waals surface area contributed by atoms with E-state index in [9.17, 15) is 14.4 Å². The lowest BCUT2D eigenvalue weighted by molar-refractivity contribution is -0.121. The molecule has 5 rings (SSSR count). The molecule has 3 amide bonds. The second-order valence-electron chi connectivity index (χ2n) is 7.55. The molecule has 6 nitrogen and oxygen atoms in total. The first-order valence-electron chi connectivity index (χ1n) is 10.5. The van der Waals surface area contributed by atoms with Crippen LogP contribution in [0.25, 0.3) is 21.7 Å². The summed E-state index contributed by atoms with van der Waals surface area (Å²) >= 11 is 1.41. The summed E-state index contributed by atoms with van der Waals surface area (Å²) in [6.45, 7) is 0. The van der Waals surface area contributed by atoms with E-state index < -0.39 is 0 Å². The highest BCUT2D eigenvalue weighted by Gasteiger charge is 2.30. The van der Waals surface area contributed by atoms with Crippen LogP contribution in [-0.2, 0) is 9.59 Å². The minimum absolute atomic E-state index is 0.220. The Labute approximate surface area is 194 Å². The molecule has 1 aromatic heterocycles. The van der Waals surface area contributed by atoms with Crippen LogP contribution in [-0.4, -0.2) is 22.7 Å². The fraction of sp³-hybridized carbons (Fsp3) is 0.0769. The lowest BCUT2D eigenvalue weighted by Gasteiger charge is -2.13. The van der Waals surface area contributed by atoms with E-state index in [1.54, 1.807) is 24.3 Å². The standard InChI is InChI=1S/C26H19N3O3S/c30-21-15-16-22(31)29(21)20-13-11-19(12-14-20)25(32)28-26-27-23(17-7-3-1-4-8-17)24(33-26)18-9-5-2-6-10-18/h1-14H,15-16H2,(H,27,28,32). The molecule has 1 saturated heterocycles. The summed E-state index contributed by atoms with van der Waals surface area (Å²) in [5, 5.41) is 3.38. The van der Waals surface area contributed by atoms with Crippen molar-refractivity contribution in [3.63, 3.8) is 0 Å². The lowest BCUT2D eigenvalue weighted by atomic mass is 10.1. The minimum atomic E-state index is -0.311. The van der Waals surface area contributed by atoms with Crippen molar-refractivity contribution in [3.8, 4) is 21.7 Å². The molecular formula is C26H19N3O3S. The van der Waals surface area contributed by atoms with E-state index in [0.29, 0.717) is 16.4 Å². The second-order valence-corrected chi connectivity index (χ2v) is 8.55. The van der Waals surface area contributed by atoms with Gasteiger partial charge in [-0.25, -0.2) is 4.98 Å². The topological polar surface area (TPSA) is 79.4 Å². The number of aromatic nitrogens is 1. The second kappa shape index (κ2) is 8.80. The largest absolute Gasteiger partial charge is 0.298 e. The van der Waals surface area contributed by atoms with Gasteiger partial charge in [-0.2, -0.15) is 0 Å². The molecular weight excluding hydrogens is 434 g/mol. The van der Waals surface area contributed by atoms with Crippen molar-refractivity contribution < 1.29 is 14.4 Å². The summed E-state index contributed by atoms with van der Waals surface area (Å²) in [4.78, 5) is 43.6. The normalized spacial score (nSPS) is 13.4. The van der Waals surface area contributed by atoms with Crippen LogP contribution in [0.5, 0.6) is 0 Å². The Hall–Kier alpha value is -4.10. The summed E-state index contributed by atoms with van der Waals surface area (Å²) < 4.78 is 0. The molecule has 1 aliphatic heterocycles. The van der Waals surface area contributed by atoms with Crippen molar-refractivity contribution in [1.82, 2.24) is 4.98 Å². The van der Waals surface area contributed by atoms with Crippen molar-refractivity contribution >= 4 is 39.9 Å². The van der Waals surface area contributed by atoms with E-state index in [-0.39, 0.29) is 30.6 Å². The third-order valence-electron chi connectivity index (χ3n) is 5.37. The highest BCUT2D eigenvalue weighted by Crippen LogP contribution is 2.39. The number of thiazole rings is 1. The third kappa shape index (κ3) is 4.18. The molecule has 1 N–H and O–H groups in total. The van der Waals surface area contributed by atoms with Gasteiger partial charge in [-0.05, 0) is 29.8 Å². The number of carbonyl (C=O) groups is 3. The van der Waals surface area contributed by atoms with Gasteiger partial charge in [0.15, 0.2) is 5.13 Å². The van der Waals surface area contributed by atoms with Crippen molar-refractivity contribution in [1.29, 1.82) is 0 Å². The molecule has 7 heteroatoms. The van der Waals surface area contributed by atoms with Gasteiger partial charge in [0, 0.05) is 24.0 Å². The predicted molar refractivity (Wildman–Crippen MR) is 129 cm³/mol. The predicted octanol–water partition coefficient (Wildman–Crippen LogP) is 5.38. The molecule has 0 spiro atoms. The summed E-state index contributed by atoms with van der Waals surface area (Å²) in [6.07, 6.45) is 0.442. The number of carbonyl (C=O) groups excluding carboxylic acids is 3. The number of benzene rings is 3. The maximum atomic E-state index is 12.9. The van der Waals surface area contributed by atoms with Crippen molar-refractivity contribution in [2.75, 3.05) is 10.2 Å². The quantitative estimate of drug-likeness (QED) is 0.411. The van der Waals surface area contributed by atoms with E-state index in [4.69, 9.17) is 4.98 Å². The monoisotopic (exact) mass is 453 g/mol. The van der Waals surface area contributed by atoms with Gasteiger partial charge in [0.1, 0.15) is 0 Å². The van der Waals surface area contributed by atoms with Crippen LogP contribution in [0.1, 0.15) is 23.2 Å². The molecule has 0 unspecified atom stereocenters. The number of nitrogens with zero attached hydrogens (tertiary/aromatic N) is 2. The summed E-state index contributed by atoms with van der Waals surface area (Å²) in [7, 11) is 0. The van der Waals surface area contributed by atoms with E-state index in [0.717, 1.165) is 21.7 Å². The first-order chi connectivity index (χ1) is 16.1. The van der Waals surface area contributed by atoms with Crippen molar-refractivity contribution in [3.05, 3.63) is 90.5 Å². The van der Waals surface area contributed by atoms with Crippen LogP contribution in [0.4, 0.5) is 10.8 Å². The Morgan fingerprint density at radius 3 is 1.97 bits per heavy atom. The van der Waals surface area contributed by atoms with Crippen molar-refractivity contribution in [2.24, 2.45) is 0 Å². The molecule has 2 heterocycles. The molecule has 162 valence electrons. The van der Waals surface area contributed by atoms with Gasteiger partial charge in [0.05, 0.1) is 16.3 Å². The van der Waals surface area contributed by atoms with E-state index >= 15 is 0 Å². The maximum Gasteiger partial charge on any atom is 0.257 e. The summed E-state index contributed by atoms with van der Waals surface area (Å²) in [6, 6.07) is 26.2. The Balaban J connectivity index is 1.41. The van der Waals surface area contributed by atoms with E-state index in [2.05, 4.69) is 5.32 Å². The lowest BCUT2D eigenvalue weighted by Crippen LogP contribution is -2.28. The fourth-order valence-corrected chi connectivity index (χ4v) is 4.73. The molecule has 0 atom stereocenters. The van der Waals surface area contributed by atoms with E-state index in [1.165, 1.54) is 16.2 Å². The highest BCUT2D eigenvalue weighted by atomic mass is 32.1. The third-order valence-corrected chi connectivity index (χ3v) is 6.39. The molecule has 1 aliphatic rings. The average Bonchev–Trinajstić information content (AvgIpc) is 3.43. The molecule has 1 fully saturated rings. The van der Waals surface area contributed by atoms with Gasteiger partial charge >= 0.3 is 0 Å². The SMILES string of the molecule is O=C(Nc1nc(-c2ccccc2)c(-c2ccccc2)s1)c1ccc(N2C(=O)CCC2=O)cc1. The molecule has 0 radical (unpaired) electrons. The van der Waals surface area contributed by atoms with Gasteiger partial charge in [0.2, 0.25) is 11.8 Å². The Morgan fingerprint density at radius 2 is 1.36 bits per heavy atom. The molecule has 0 saturated carbocycles. The van der Waals surface area contributed by atoms with Crippen molar-refractivity contribution in [2.45, 2.75) is 12.8 Å². The van der Waals surface area contributed by atoms with Gasteiger partial charge in [-0.15, -0.1) is 0 Å². The van der Waals surface area contributed by atoms with Gasteiger partial charge in [-0.3, -0.25) is 24.6 Å². The Morgan fingerprint density at radius 1 is 0.788 bits per heavy atom. The average molecular weight is 454 g/mol. The number of amides is 3. The molecule has 33 heavy (non-hydrogen) atoms. The highest BCUT2D eigenvalue weighted by molar-refractivity contribution is 7.19. The Bertz CT molecular complexity index is 1260. The number of nitrogens with one attached hydrogen (secondary N) is 1. The van der Waals surface area contributed by atoms with Gasteiger partial charge in [0.25, 0.3) is 5.91 Å².